The van der Waals surface area contributed by atoms with E-state index in [4.69, 9.17) is 5.26 Å². The van der Waals surface area contributed by atoms with E-state index < -0.39 is 0 Å². The van der Waals surface area contributed by atoms with Crippen molar-refractivity contribution in [3.8, 4) is 6.07 Å². The molecule has 0 atom stereocenters. The van der Waals surface area contributed by atoms with Crippen molar-refractivity contribution in [2.45, 2.75) is 26.7 Å². The molecule has 0 radical (unpaired) electrons. The Hall–Kier alpha value is -0.810. The van der Waals surface area contributed by atoms with E-state index in [0.29, 0.717) is 5.92 Å². The smallest absolute Gasteiger partial charge is 0.0991 e. The number of hydrogen-bond acceptors (Lipinski definition) is 1. The molecule has 0 N–H and O–H groups in total. The fourth-order valence-corrected chi connectivity index (χ4v) is 1.72. The largest absolute Gasteiger partial charge is 0.192 e. The summed E-state index contributed by atoms with van der Waals surface area (Å²) in [7, 11) is 0. The lowest BCUT2D eigenvalue weighted by Gasteiger charge is -2.06. The molecule has 0 spiro atoms. The second kappa shape index (κ2) is 5.17. The lowest BCUT2D eigenvalue weighted by atomic mass is 10.0. The van der Waals surface area contributed by atoms with Crippen molar-refractivity contribution in [3.63, 3.8) is 0 Å². The monoisotopic (exact) mass is 251 g/mol. The molecule has 14 heavy (non-hydrogen) atoms. The molecule has 0 heterocycles. The van der Waals surface area contributed by atoms with Gasteiger partial charge in [-0.2, -0.15) is 5.26 Å². The van der Waals surface area contributed by atoms with Crippen LogP contribution in [0.5, 0.6) is 0 Å². The number of aryl methyl sites for hydroxylation is 1. The van der Waals surface area contributed by atoms with E-state index in [1.165, 1.54) is 5.56 Å². The van der Waals surface area contributed by atoms with Crippen molar-refractivity contribution < 1.29 is 0 Å². The molecule has 1 nitrogen and oxygen atoms in total. The van der Waals surface area contributed by atoms with E-state index in [-0.39, 0.29) is 0 Å². The predicted molar refractivity (Wildman–Crippen MR) is 62.0 cm³/mol. The summed E-state index contributed by atoms with van der Waals surface area (Å²) in [5.74, 6) is 0.702. The molecule has 0 aromatic heterocycles. The highest BCUT2D eigenvalue weighted by atomic mass is 79.9. The number of nitrogens with zero attached hydrogens (tertiary/aromatic N) is 1. The Kier molecular flexibility index (Phi) is 4.16. The van der Waals surface area contributed by atoms with Crippen LogP contribution in [-0.4, -0.2) is 0 Å². The number of halogens is 1. The Balaban J connectivity index is 2.80. The Morgan fingerprint density at radius 2 is 2.14 bits per heavy atom. The molecule has 74 valence electrons. The highest BCUT2D eigenvalue weighted by Crippen LogP contribution is 2.20. The summed E-state index contributed by atoms with van der Waals surface area (Å²) in [6, 6.07) is 7.91. The van der Waals surface area contributed by atoms with Gasteiger partial charge in [0.05, 0.1) is 11.6 Å². The summed E-state index contributed by atoms with van der Waals surface area (Å²) >= 11 is 3.50. The van der Waals surface area contributed by atoms with E-state index in [2.05, 4.69) is 35.8 Å². The van der Waals surface area contributed by atoms with Gasteiger partial charge in [-0.15, -0.1) is 0 Å². The number of hydrogen-bond donors (Lipinski definition) is 0. The van der Waals surface area contributed by atoms with Crippen LogP contribution in [0.2, 0.25) is 0 Å². The van der Waals surface area contributed by atoms with Crippen LogP contribution in [0.15, 0.2) is 22.7 Å². The van der Waals surface area contributed by atoms with Crippen molar-refractivity contribution >= 4 is 15.9 Å². The van der Waals surface area contributed by atoms with Crippen LogP contribution in [0.4, 0.5) is 0 Å². The van der Waals surface area contributed by atoms with Gasteiger partial charge >= 0.3 is 0 Å². The van der Waals surface area contributed by atoms with Crippen molar-refractivity contribution in [1.29, 1.82) is 5.26 Å². The SMILES string of the molecule is CC(C)CCc1cc(C#N)ccc1Br. The van der Waals surface area contributed by atoms with Gasteiger partial charge in [-0.3, -0.25) is 0 Å². The summed E-state index contributed by atoms with van der Waals surface area (Å²) in [6.45, 7) is 4.42. The van der Waals surface area contributed by atoms with Crippen LogP contribution in [0.3, 0.4) is 0 Å². The van der Waals surface area contributed by atoms with Gasteiger partial charge in [0.1, 0.15) is 0 Å². The van der Waals surface area contributed by atoms with E-state index in [1.807, 2.05) is 18.2 Å². The molecule has 0 aliphatic heterocycles. The second-order valence-corrected chi connectivity index (χ2v) is 4.70. The normalized spacial score (nSPS) is 10.2. The average Bonchev–Trinajstić information content (AvgIpc) is 2.16. The first-order valence-corrected chi connectivity index (χ1v) is 5.61. The topological polar surface area (TPSA) is 23.8 Å². The van der Waals surface area contributed by atoms with Gasteiger partial charge in [-0.1, -0.05) is 29.8 Å². The van der Waals surface area contributed by atoms with E-state index in [9.17, 15) is 0 Å². The Labute approximate surface area is 93.9 Å². The van der Waals surface area contributed by atoms with Gasteiger partial charge in [-0.25, -0.2) is 0 Å². The van der Waals surface area contributed by atoms with Crippen LogP contribution in [0.1, 0.15) is 31.4 Å². The summed E-state index contributed by atoms with van der Waals surface area (Å²) in [6.07, 6.45) is 2.20. The first-order chi connectivity index (χ1) is 6.63. The van der Waals surface area contributed by atoms with Crippen molar-refractivity contribution in [2.24, 2.45) is 5.92 Å². The van der Waals surface area contributed by atoms with Gasteiger partial charge in [0, 0.05) is 4.47 Å². The first-order valence-electron chi connectivity index (χ1n) is 4.82. The Morgan fingerprint density at radius 1 is 1.43 bits per heavy atom. The molecule has 0 amide bonds. The average molecular weight is 252 g/mol. The highest BCUT2D eigenvalue weighted by molar-refractivity contribution is 9.10. The molecule has 2 heteroatoms. The fourth-order valence-electron chi connectivity index (χ4n) is 1.28. The van der Waals surface area contributed by atoms with Gasteiger partial charge in [-0.05, 0) is 42.5 Å². The van der Waals surface area contributed by atoms with Gasteiger partial charge in [0.2, 0.25) is 0 Å². The molecule has 1 rings (SSSR count). The number of benzene rings is 1. The number of rotatable bonds is 3. The molecule has 0 bridgehead atoms. The third-order valence-electron chi connectivity index (χ3n) is 2.17. The van der Waals surface area contributed by atoms with Gasteiger partial charge in [0.15, 0.2) is 0 Å². The molecule has 0 fully saturated rings. The molecule has 1 aromatic carbocycles. The zero-order valence-electron chi connectivity index (χ0n) is 8.55. The summed E-state index contributed by atoms with van der Waals surface area (Å²) < 4.78 is 1.11. The molecule has 1 aromatic rings. The molecule has 0 aliphatic rings. The summed E-state index contributed by atoms with van der Waals surface area (Å²) in [4.78, 5) is 0. The van der Waals surface area contributed by atoms with Crippen LogP contribution < -0.4 is 0 Å². The molecule has 0 unspecified atom stereocenters. The quantitative estimate of drug-likeness (QED) is 0.800. The highest BCUT2D eigenvalue weighted by Gasteiger charge is 2.02. The van der Waals surface area contributed by atoms with Gasteiger partial charge in [0.25, 0.3) is 0 Å². The predicted octanol–water partition coefficient (Wildman–Crippen LogP) is 3.91. The number of nitriles is 1. The molecule has 0 aliphatic carbocycles. The molecular weight excluding hydrogens is 238 g/mol. The second-order valence-electron chi connectivity index (χ2n) is 3.85. The summed E-state index contributed by atoms with van der Waals surface area (Å²) in [5, 5.41) is 8.77. The van der Waals surface area contributed by atoms with Crippen LogP contribution in [0.25, 0.3) is 0 Å². The first kappa shape index (κ1) is 11.3. The standard InChI is InChI=1S/C12H14BrN/c1-9(2)3-5-11-7-10(8-14)4-6-12(11)13/h4,6-7,9H,3,5H2,1-2H3. The van der Waals surface area contributed by atoms with Crippen molar-refractivity contribution in [2.75, 3.05) is 0 Å². The maximum absolute atomic E-state index is 8.77. The lowest BCUT2D eigenvalue weighted by molar-refractivity contribution is 0.586. The zero-order valence-corrected chi connectivity index (χ0v) is 10.1. The van der Waals surface area contributed by atoms with E-state index in [0.717, 1.165) is 22.9 Å². The third-order valence-corrected chi connectivity index (χ3v) is 2.94. The van der Waals surface area contributed by atoms with E-state index in [1.54, 1.807) is 0 Å². The van der Waals surface area contributed by atoms with Crippen LogP contribution >= 0.6 is 15.9 Å². The van der Waals surface area contributed by atoms with E-state index >= 15 is 0 Å². The van der Waals surface area contributed by atoms with Crippen molar-refractivity contribution in [1.82, 2.24) is 0 Å². The van der Waals surface area contributed by atoms with Crippen molar-refractivity contribution in [3.05, 3.63) is 33.8 Å². The maximum Gasteiger partial charge on any atom is 0.0991 e. The van der Waals surface area contributed by atoms with Crippen LogP contribution in [0, 0.1) is 17.2 Å². The van der Waals surface area contributed by atoms with Gasteiger partial charge < -0.3 is 0 Å². The zero-order chi connectivity index (χ0) is 10.6. The molecule has 0 saturated heterocycles. The summed E-state index contributed by atoms with van der Waals surface area (Å²) in [5.41, 5.74) is 1.98. The maximum atomic E-state index is 8.77. The minimum absolute atomic E-state index is 0.702. The Bertz CT molecular complexity index is 350. The minimum Gasteiger partial charge on any atom is -0.192 e. The molecule has 0 saturated carbocycles. The minimum atomic E-state index is 0.702. The molecular formula is C12H14BrN. The Morgan fingerprint density at radius 3 is 2.71 bits per heavy atom. The fraction of sp³-hybridized carbons (Fsp3) is 0.417. The van der Waals surface area contributed by atoms with Crippen LogP contribution in [-0.2, 0) is 6.42 Å². The third kappa shape index (κ3) is 3.16. The lowest BCUT2D eigenvalue weighted by Crippen LogP contribution is -1.93.